The fraction of sp³-hybridized carbons (Fsp3) is 0.524. The van der Waals surface area contributed by atoms with Gasteiger partial charge >= 0.3 is 6.03 Å². The molecule has 0 bridgehead atoms. The zero-order chi connectivity index (χ0) is 18.5. The van der Waals surface area contributed by atoms with Crippen LogP contribution in [0, 0.1) is 12.8 Å². The van der Waals surface area contributed by atoms with E-state index in [1.165, 1.54) is 5.69 Å². The molecule has 1 aromatic heterocycles. The lowest BCUT2D eigenvalue weighted by Crippen LogP contribution is -2.48. The Morgan fingerprint density at radius 3 is 2.65 bits per heavy atom. The van der Waals surface area contributed by atoms with Gasteiger partial charge in [0.25, 0.3) is 0 Å². The number of imidazole rings is 1. The summed E-state index contributed by atoms with van der Waals surface area (Å²) in [5.41, 5.74) is 2.32. The number of hydrogen-bond acceptors (Lipinski definition) is 2. The SMILES string of the molecule is CCN(CC)C(=O)N1CCCC(Cn2c(C)cnc2-c2ccccc2)C1. The van der Waals surface area contributed by atoms with Crippen LogP contribution in [0.3, 0.4) is 0 Å². The standard InChI is InChI=1S/C21H30N4O/c1-4-23(5-2)21(26)24-13-9-10-18(15-24)16-25-17(3)14-22-20(25)19-11-7-6-8-12-19/h6-8,11-12,14,18H,4-5,9-10,13,15-16H2,1-3H3. The van der Waals surface area contributed by atoms with E-state index in [-0.39, 0.29) is 6.03 Å². The molecule has 2 aromatic rings. The van der Waals surface area contributed by atoms with Crippen molar-refractivity contribution in [1.29, 1.82) is 0 Å². The molecule has 5 heteroatoms. The number of amides is 2. The summed E-state index contributed by atoms with van der Waals surface area (Å²) in [6.07, 6.45) is 4.18. The van der Waals surface area contributed by atoms with Crippen molar-refractivity contribution in [2.75, 3.05) is 26.2 Å². The van der Waals surface area contributed by atoms with Gasteiger partial charge in [0.2, 0.25) is 0 Å². The maximum absolute atomic E-state index is 12.7. The first-order valence-corrected chi connectivity index (χ1v) is 9.75. The first-order chi connectivity index (χ1) is 12.6. The number of carbonyl (C=O) groups is 1. The van der Waals surface area contributed by atoms with Gasteiger partial charge in [0, 0.05) is 50.2 Å². The van der Waals surface area contributed by atoms with Crippen LogP contribution in [0.2, 0.25) is 0 Å². The third kappa shape index (κ3) is 3.92. The Bertz CT molecular complexity index is 721. The Morgan fingerprint density at radius 2 is 1.96 bits per heavy atom. The zero-order valence-corrected chi connectivity index (χ0v) is 16.2. The molecule has 1 saturated heterocycles. The smallest absolute Gasteiger partial charge is 0.319 e. The highest BCUT2D eigenvalue weighted by Gasteiger charge is 2.27. The lowest BCUT2D eigenvalue weighted by atomic mass is 9.98. The van der Waals surface area contributed by atoms with Crippen molar-refractivity contribution in [3.05, 3.63) is 42.2 Å². The highest BCUT2D eigenvalue weighted by atomic mass is 16.2. The number of nitrogens with zero attached hydrogens (tertiary/aromatic N) is 4. The van der Waals surface area contributed by atoms with E-state index in [2.05, 4.69) is 40.7 Å². The van der Waals surface area contributed by atoms with Crippen LogP contribution in [0.1, 0.15) is 32.4 Å². The van der Waals surface area contributed by atoms with Gasteiger partial charge in [-0.05, 0) is 39.5 Å². The van der Waals surface area contributed by atoms with Crippen molar-refractivity contribution >= 4 is 6.03 Å². The summed E-state index contributed by atoms with van der Waals surface area (Å²) in [6.45, 7) is 10.4. The lowest BCUT2D eigenvalue weighted by Gasteiger charge is -2.36. The topological polar surface area (TPSA) is 41.4 Å². The highest BCUT2D eigenvalue weighted by molar-refractivity contribution is 5.74. The average molecular weight is 354 g/mol. The summed E-state index contributed by atoms with van der Waals surface area (Å²) in [6, 6.07) is 10.5. The summed E-state index contributed by atoms with van der Waals surface area (Å²) in [5, 5.41) is 0. The molecular formula is C21H30N4O. The zero-order valence-electron chi connectivity index (χ0n) is 16.2. The van der Waals surface area contributed by atoms with E-state index >= 15 is 0 Å². The van der Waals surface area contributed by atoms with E-state index in [1.54, 1.807) is 0 Å². The predicted octanol–water partition coefficient (Wildman–Crippen LogP) is 4.03. The number of urea groups is 1. The van der Waals surface area contributed by atoms with Crippen LogP contribution in [0.5, 0.6) is 0 Å². The van der Waals surface area contributed by atoms with Crippen molar-refractivity contribution in [3.63, 3.8) is 0 Å². The van der Waals surface area contributed by atoms with Crippen LogP contribution in [0.15, 0.2) is 36.5 Å². The molecule has 1 aliphatic rings. The van der Waals surface area contributed by atoms with Gasteiger partial charge in [-0.1, -0.05) is 30.3 Å². The van der Waals surface area contributed by atoms with Gasteiger partial charge in [-0.3, -0.25) is 0 Å². The summed E-state index contributed by atoms with van der Waals surface area (Å²) in [7, 11) is 0. The Kier molecular flexibility index (Phi) is 5.96. The molecule has 0 saturated carbocycles. The molecule has 26 heavy (non-hydrogen) atoms. The minimum absolute atomic E-state index is 0.185. The molecule has 0 radical (unpaired) electrons. The maximum atomic E-state index is 12.7. The number of aromatic nitrogens is 2. The lowest BCUT2D eigenvalue weighted by molar-refractivity contribution is 0.127. The molecule has 3 rings (SSSR count). The molecule has 1 atom stereocenters. The number of aryl methyl sites for hydroxylation is 1. The minimum atomic E-state index is 0.185. The van der Waals surface area contributed by atoms with Crippen molar-refractivity contribution in [2.45, 2.75) is 40.2 Å². The first kappa shape index (κ1) is 18.5. The van der Waals surface area contributed by atoms with Crippen molar-refractivity contribution in [2.24, 2.45) is 5.92 Å². The minimum Gasteiger partial charge on any atom is -0.328 e. The quantitative estimate of drug-likeness (QED) is 0.813. The van der Waals surface area contributed by atoms with Gasteiger partial charge in [-0.2, -0.15) is 0 Å². The second-order valence-corrected chi connectivity index (χ2v) is 7.11. The number of benzene rings is 1. The van der Waals surface area contributed by atoms with Crippen molar-refractivity contribution < 1.29 is 4.79 Å². The van der Waals surface area contributed by atoms with Crippen LogP contribution in [0.4, 0.5) is 4.79 Å². The Labute approximate surface area is 156 Å². The van der Waals surface area contributed by atoms with Crippen LogP contribution >= 0.6 is 0 Å². The molecule has 2 heterocycles. The van der Waals surface area contributed by atoms with Gasteiger partial charge in [0.1, 0.15) is 5.82 Å². The fourth-order valence-corrected chi connectivity index (χ4v) is 3.85. The summed E-state index contributed by atoms with van der Waals surface area (Å²) in [5.74, 6) is 1.49. The Balaban J connectivity index is 1.73. The van der Waals surface area contributed by atoms with Gasteiger partial charge in [0.15, 0.2) is 0 Å². The summed E-state index contributed by atoms with van der Waals surface area (Å²) >= 11 is 0. The number of hydrogen-bond donors (Lipinski definition) is 0. The molecule has 1 unspecified atom stereocenters. The number of carbonyl (C=O) groups excluding carboxylic acids is 1. The highest BCUT2D eigenvalue weighted by Crippen LogP contribution is 2.25. The third-order valence-corrected chi connectivity index (χ3v) is 5.35. The fourth-order valence-electron chi connectivity index (χ4n) is 3.85. The molecule has 0 aliphatic carbocycles. The van der Waals surface area contributed by atoms with Gasteiger partial charge in [-0.25, -0.2) is 9.78 Å². The largest absolute Gasteiger partial charge is 0.328 e. The molecule has 1 aliphatic heterocycles. The normalized spacial score (nSPS) is 17.3. The van der Waals surface area contributed by atoms with Crippen molar-refractivity contribution in [1.82, 2.24) is 19.4 Å². The molecule has 1 fully saturated rings. The monoisotopic (exact) mass is 354 g/mol. The van der Waals surface area contributed by atoms with Gasteiger partial charge in [-0.15, -0.1) is 0 Å². The van der Waals surface area contributed by atoms with E-state index in [1.807, 2.05) is 35.9 Å². The molecule has 140 valence electrons. The van der Waals surface area contributed by atoms with Crippen LogP contribution in [-0.4, -0.2) is 51.6 Å². The summed E-state index contributed by atoms with van der Waals surface area (Å²) in [4.78, 5) is 21.3. The molecule has 0 N–H and O–H groups in total. The van der Waals surface area contributed by atoms with E-state index in [9.17, 15) is 4.79 Å². The Morgan fingerprint density at radius 1 is 1.23 bits per heavy atom. The molecule has 1 aromatic carbocycles. The van der Waals surface area contributed by atoms with E-state index < -0.39 is 0 Å². The van der Waals surface area contributed by atoms with Gasteiger partial charge in [0.05, 0.1) is 0 Å². The number of rotatable bonds is 5. The molecule has 2 amide bonds. The number of piperidine rings is 1. The van der Waals surface area contributed by atoms with Crippen molar-refractivity contribution in [3.8, 4) is 11.4 Å². The van der Waals surface area contributed by atoms with Crippen LogP contribution < -0.4 is 0 Å². The maximum Gasteiger partial charge on any atom is 0.319 e. The second-order valence-electron chi connectivity index (χ2n) is 7.11. The predicted molar refractivity (Wildman–Crippen MR) is 105 cm³/mol. The van der Waals surface area contributed by atoms with E-state index in [0.29, 0.717) is 5.92 Å². The van der Waals surface area contributed by atoms with E-state index in [4.69, 9.17) is 0 Å². The first-order valence-electron chi connectivity index (χ1n) is 9.75. The second kappa shape index (κ2) is 8.39. The average Bonchev–Trinajstić information content (AvgIpc) is 3.04. The third-order valence-electron chi connectivity index (χ3n) is 5.35. The van der Waals surface area contributed by atoms with Crippen LogP contribution in [-0.2, 0) is 6.54 Å². The molecule has 0 spiro atoms. The van der Waals surface area contributed by atoms with E-state index in [0.717, 1.165) is 57.0 Å². The Hall–Kier alpha value is -2.30. The number of likely N-dealkylation sites (tertiary alicyclic amines) is 1. The molecular weight excluding hydrogens is 324 g/mol. The van der Waals surface area contributed by atoms with Gasteiger partial charge < -0.3 is 14.4 Å². The van der Waals surface area contributed by atoms with Crippen LogP contribution in [0.25, 0.3) is 11.4 Å². The summed E-state index contributed by atoms with van der Waals surface area (Å²) < 4.78 is 2.31. The molecule has 5 nitrogen and oxygen atoms in total.